The van der Waals surface area contributed by atoms with Crippen molar-refractivity contribution in [3.05, 3.63) is 72.3 Å². The minimum absolute atomic E-state index is 0.113. The average molecular weight is 437 g/mol. The third kappa shape index (κ3) is 3.79. The van der Waals surface area contributed by atoms with Crippen molar-refractivity contribution in [2.24, 2.45) is 0 Å². The predicted octanol–water partition coefficient (Wildman–Crippen LogP) is 3.53. The minimum atomic E-state index is -3.72. The Labute approximate surface area is 182 Å². The Morgan fingerprint density at radius 1 is 0.935 bits per heavy atom. The first kappa shape index (κ1) is 20.0. The number of sulfonamides is 1. The van der Waals surface area contributed by atoms with Crippen molar-refractivity contribution in [2.75, 3.05) is 26.2 Å². The number of carbonyl (C=O) groups excluding carboxylic acids is 1. The largest absolute Gasteiger partial charge is 0.489 e. The molecule has 0 radical (unpaired) electrons. The summed E-state index contributed by atoms with van der Waals surface area (Å²) in [5, 5.41) is 2.35. The molecule has 31 heavy (non-hydrogen) atoms. The second-order valence-electron chi connectivity index (χ2n) is 8.07. The summed E-state index contributed by atoms with van der Waals surface area (Å²) >= 11 is 0. The molecule has 7 heteroatoms. The molecule has 0 spiro atoms. The maximum Gasteiger partial charge on any atom is 0.269 e. The Hall–Kier alpha value is -2.90. The van der Waals surface area contributed by atoms with E-state index in [4.69, 9.17) is 4.74 Å². The molecule has 2 aliphatic rings. The van der Waals surface area contributed by atoms with Gasteiger partial charge in [-0.15, -0.1) is 0 Å². The number of likely N-dealkylation sites (tertiary alicyclic amines) is 1. The van der Waals surface area contributed by atoms with Gasteiger partial charge in [0.05, 0.1) is 5.56 Å². The lowest BCUT2D eigenvalue weighted by molar-refractivity contribution is 0.0867. The van der Waals surface area contributed by atoms with Crippen LogP contribution < -0.4 is 4.74 Å². The van der Waals surface area contributed by atoms with Gasteiger partial charge < -0.3 is 4.74 Å². The maximum absolute atomic E-state index is 12.6. The fraction of sp³-hybridized carbons (Fsp3) is 0.292. The average Bonchev–Trinajstić information content (AvgIpc) is 3.30. The molecule has 0 N–H and O–H groups in total. The zero-order valence-corrected chi connectivity index (χ0v) is 17.9. The fourth-order valence-corrected chi connectivity index (χ4v) is 6.03. The normalized spacial score (nSPS) is 20.3. The van der Waals surface area contributed by atoms with Crippen molar-refractivity contribution in [2.45, 2.75) is 23.8 Å². The van der Waals surface area contributed by atoms with Gasteiger partial charge >= 0.3 is 0 Å². The summed E-state index contributed by atoms with van der Waals surface area (Å²) < 4.78 is 32.5. The molecule has 3 aromatic rings. The van der Waals surface area contributed by atoms with Crippen LogP contribution in [0, 0.1) is 0 Å². The van der Waals surface area contributed by atoms with Crippen LogP contribution in [0.3, 0.4) is 0 Å². The van der Waals surface area contributed by atoms with Gasteiger partial charge in [-0.2, -0.15) is 0 Å². The predicted molar refractivity (Wildman–Crippen MR) is 119 cm³/mol. The van der Waals surface area contributed by atoms with Crippen molar-refractivity contribution in [3.8, 4) is 5.75 Å². The molecular formula is C24H24N2O4S. The number of ether oxygens (including phenoxy) is 1. The van der Waals surface area contributed by atoms with Gasteiger partial charge in [0.25, 0.3) is 15.9 Å². The van der Waals surface area contributed by atoms with E-state index in [1.54, 1.807) is 18.2 Å². The lowest BCUT2D eigenvalue weighted by Gasteiger charge is -2.19. The molecule has 1 fully saturated rings. The van der Waals surface area contributed by atoms with E-state index in [9.17, 15) is 13.2 Å². The molecule has 1 saturated heterocycles. The molecule has 1 atom stereocenters. The van der Waals surface area contributed by atoms with Crippen molar-refractivity contribution in [3.63, 3.8) is 0 Å². The van der Waals surface area contributed by atoms with E-state index in [1.165, 1.54) is 11.5 Å². The molecule has 6 nitrogen and oxygen atoms in total. The van der Waals surface area contributed by atoms with Gasteiger partial charge in [-0.1, -0.05) is 42.5 Å². The second kappa shape index (κ2) is 7.98. The number of nitrogens with zero attached hydrogens (tertiary/aromatic N) is 2. The first-order chi connectivity index (χ1) is 15.0. The standard InChI is InChI=1S/C24H24N2O4S/c27-24-22-8-3-4-9-23(22)31(28,29)26(24)14-5-13-25-15-12-21(17-25)30-20-11-10-18-6-1-2-7-19(18)16-20/h1-4,6-11,16,21H,5,12-15,17H2. The molecule has 3 aromatic carbocycles. The van der Waals surface area contributed by atoms with Crippen LogP contribution in [0.25, 0.3) is 10.8 Å². The van der Waals surface area contributed by atoms with Crippen LogP contribution in [0.2, 0.25) is 0 Å². The van der Waals surface area contributed by atoms with Gasteiger partial charge in [-0.3, -0.25) is 9.69 Å². The van der Waals surface area contributed by atoms with Crippen molar-refractivity contribution < 1.29 is 17.9 Å². The quantitative estimate of drug-likeness (QED) is 0.591. The van der Waals surface area contributed by atoms with E-state index in [0.29, 0.717) is 6.42 Å². The van der Waals surface area contributed by atoms with E-state index in [-0.39, 0.29) is 23.1 Å². The summed E-state index contributed by atoms with van der Waals surface area (Å²) in [4.78, 5) is 14.9. The number of fused-ring (bicyclic) bond motifs is 2. The van der Waals surface area contributed by atoms with Gasteiger partial charge in [-0.05, 0) is 47.9 Å². The van der Waals surface area contributed by atoms with Crippen LogP contribution in [0.4, 0.5) is 0 Å². The molecule has 2 aliphatic heterocycles. The Bertz CT molecular complexity index is 1240. The molecular weight excluding hydrogens is 412 g/mol. The Morgan fingerprint density at radius 3 is 2.55 bits per heavy atom. The van der Waals surface area contributed by atoms with Gasteiger partial charge in [0.1, 0.15) is 16.7 Å². The summed E-state index contributed by atoms with van der Waals surface area (Å²) in [6, 6.07) is 20.8. The Kier molecular flexibility index (Phi) is 5.16. The highest BCUT2D eigenvalue weighted by molar-refractivity contribution is 7.90. The Balaban J connectivity index is 1.15. The summed E-state index contributed by atoms with van der Waals surface area (Å²) in [6.07, 6.45) is 1.64. The number of hydrogen-bond donors (Lipinski definition) is 0. The number of rotatable bonds is 6. The zero-order chi connectivity index (χ0) is 21.4. The van der Waals surface area contributed by atoms with Crippen molar-refractivity contribution >= 4 is 26.7 Å². The monoisotopic (exact) mass is 436 g/mol. The zero-order valence-electron chi connectivity index (χ0n) is 17.1. The molecule has 2 heterocycles. The topological polar surface area (TPSA) is 66.9 Å². The lowest BCUT2D eigenvalue weighted by atomic mass is 10.1. The summed E-state index contributed by atoms with van der Waals surface area (Å²) in [5.41, 5.74) is 0.271. The van der Waals surface area contributed by atoms with Crippen molar-refractivity contribution in [1.29, 1.82) is 0 Å². The molecule has 160 valence electrons. The van der Waals surface area contributed by atoms with Crippen LogP contribution in [-0.4, -0.2) is 55.8 Å². The lowest BCUT2D eigenvalue weighted by Crippen LogP contribution is -2.33. The third-order valence-corrected chi connectivity index (χ3v) is 7.84. The summed E-state index contributed by atoms with van der Waals surface area (Å²) in [7, 11) is -3.72. The maximum atomic E-state index is 12.6. The minimum Gasteiger partial charge on any atom is -0.489 e. The van der Waals surface area contributed by atoms with E-state index < -0.39 is 15.9 Å². The highest BCUT2D eigenvalue weighted by Crippen LogP contribution is 2.30. The molecule has 0 bridgehead atoms. The van der Waals surface area contributed by atoms with Gasteiger partial charge in [-0.25, -0.2) is 12.7 Å². The number of carbonyl (C=O) groups is 1. The first-order valence-corrected chi connectivity index (χ1v) is 12.0. The molecule has 0 aliphatic carbocycles. The van der Waals surface area contributed by atoms with Crippen LogP contribution >= 0.6 is 0 Å². The Morgan fingerprint density at radius 2 is 1.71 bits per heavy atom. The molecule has 0 saturated carbocycles. The smallest absolute Gasteiger partial charge is 0.269 e. The van der Waals surface area contributed by atoms with Crippen LogP contribution in [-0.2, 0) is 10.0 Å². The summed E-state index contributed by atoms with van der Waals surface area (Å²) in [5.74, 6) is 0.451. The number of hydrogen-bond acceptors (Lipinski definition) is 5. The van der Waals surface area contributed by atoms with Gasteiger partial charge in [0, 0.05) is 26.2 Å². The van der Waals surface area contributed by atoms with Crippen LogP contribution in [0.15, 0.2) is 71.6 Å². The van der Waals surface area contributed by atoms with Crippen LogP contribution in [0.1, 0.15) is 23.2 Å². The van der Waals surface area contributed by atoms with E-state index >= 15 is 0 Å². The molecule has 0 aromatic heterocycles. The van der Waals surface area contributed by atoms with Gasteiger partial charge in [0.2, 0.25) is 0 Å². The van der Waals surface area contributed by atoms with E-state index in [1.807, 2.05) is 18.2 Å². The van der Waals surface area contributed by atoms with Gasteiger partial charge in [0.15, 0.2) is 0 Å². The number of amides is 1. The SMILES string of the molecule is O=C1c2ccccc2S(=O)(=O)N1CCCN1CCC(Oc2ccc3ccccc3c2)C1. The summed E-state index contributed by atoms with van der Waals surface area (Å²) in [6.45, 7) is 2.63. The molecule has 1 amide bonds. The molecule has 1 unspecified atom stereocenters. The second-order valence-corrected chi connectivity index (χ2v) is 9.90. The highest BCUT2D eigenvalue weighted by Gasteiger charge is 2.40. The van der Waals surface area contributed by atoms with E-state index in [2.05, 4.69) is 29.2 Å². The van der Waals surface area contributed by atoms with Crippen LogP contribution in [0.5, 0.6) is 5.75 Å². The molecule has 5 rings (SSSR count). The van der Waals surface area contributed by atoms with Crippen molar-refractivity contribution in [1.82, 2.24) is 9.21 Å². The number of benzene rings is 3. The highest BCUT2D eigenvalue weighted by atomic mass is 32.2. The van der Waals surface area contributed by atoms with E-state index in [0.717, 1.165) is 41.5 Å². The first-order valence-electron chi connectivity index (χ1n) is 10.6. The third-order valence-electron chi connectivity index (χ3n) is 6.00. The fourth-order valence-electron chi connectivity index (χ4n) is 4.42.